The van der Waals surface area contributed by atoms with Gasteiger partial charge in [0, 0.05) is 22.5 Å². The normalized spacial score (nSPS) is 14.1. The van der Waals surface area contributed by atoms with Gasteiger partial charge in [0.15, 0.2) is 0 Å². The van der Waals surface area contributed by atoms with Gasteiger partial charge in [0.2, 0.25) is 0 Å². The molecular weight excluding hydrogens is 362 g/mol. The molecular formula is C13H19Br2NO2. The smallest absolute Gasteiger partial charge is 0.135 e. The third kappa shape index (κ3) is 3.87. The van der Waals surface area contributed by atoms with E-state index in [9.17, 15) is 5.11 Å². The number of aliphatic hydroxyl groups excluding tert-OH is 1. The first kappa shape index (κ1) is 15.8. The third-order valence-electron chi connectivity index (χ3n) is 3.18. The van der Waals surface area contributed by atoms with Gasteiger partial charge in [-0.3, -0.25) is 0 Å². The minimum atomic E-state index is -0.111. The second kappa shape index (κ2) is 6.78. The quantitative estimate of drug-likeness (QED) is 0.782. The number of aliphatic hydroxyl groups is 1. The fraction of sp³-hybridized carbons (Fsp3) is 0.538. The Morgan fingerprint density at radius 1 is 1.33 bits per heavy atom. The molecule has 0 aromatic heterocycles. The van der Waals surface area contributed by atoms with E-state index in [0.29, 0.717) is 6.54 Å². The van der Waals surface area contributed by atoms with Crippen molar-refractivity contribution < 1.29 is 9.84 Å². The molecule has 0 radical (unpaired) electrons. The summed E-state index contributed by atoms with van der Waals surface area (Å²) in [5.41, 5.74) is 0.850. The number of benzene rings is 1. The maximum Gasteiger partial charge on any atom is 0.135 e. The molecule has 18 heavy (non-hydrogen) atoms. The highest BCUT2D eigenvalue weighted by Crippen LogP contribution is 2.35. The summed E-state index contributed by atoms with van der Waals surface area (Å²) in [4.78, 5) is 0. The lowest BCUT2D eigenvalue weighted by Crippen LogP contribution is -2.29. The van der Waals surface area contributed by atoms with Crippen LogP contribution in [0, 0.1) is 5.41 Å². The monoisotopic (exact) mass is 379 g/mol. The number of nitrogens with one attached hydrogen (secondary N) is 1. The van der Waals surface area contributed by atoms with Gasteiger partial charge in [0.25, 0.3) is 0 Å². The Labute approximate surface area is 125 Å². The molecule has 0 amide bonds. The lowest BCUT2D eigenvalue weighted by molar-refractivity contribution is 0.149. The Morgan fingerprint density at radius 2 is 2.00 bits per heavy atom. The highest BCUT2D eigenvalue weighted by atomic mass is 79.9. The largest absolute Gasteiger partial charge is 0.495 e. The zero-order valence-corrected chi connectivity index (χ0v) is 14.1. The van der Waals surface area contributed by atoms with Crippen LogP contribution in [0.1, 0.15) is 20.3 Å². The Kier molecular flexibility index (Phi) is 5.95. The predicted octanol–water partition coefficient (Wildman–Crippen LogP) is 4.04. The molecule has 0 bridgehead atoms. The third-order valence-corrected chi connectivity index (χ3v) is 4.46. The average Bonchev–Trinajstić information content (AvgIpc) is 2.37. The maximum atomic E-state index is 9.39. The summed E-state index contributed by atoms with van der Waals surface area (Å²) in [6.45, 7) is 5.02. The molecule has 1 aromatic rings. The number of hydrogen-bond acceptors (Lipinski definition) is 3. The molecule has 0 spiro atoms. The average molecular weight is 381 g/mol. The second-order valence-electron chi connectivity index (χ2n) is 4.64. The Morgan fingerprint density at radius 3 is 2.50 bits per heavy atom. The molecule has 0 heterocycles. The van der Waals surface area contributed by atoms with Crippen molar-refractivity contribution >= 4 is 37.5 Å². The molecule has 1 atom stereocenters. The van der Waals surface area contributed by atoms with Crippen LogP contribution in [0.2, 0.25) is 0 Å². The van der Waals surface area contributed by atoms with Gasteiger partial charge >= 0.3 is 0 Å². The molecule has 5 heteroatoms. The van der Waals surface area contributed by atoms with Crippen molar-refractivity contribution in [2.45, 2.75) is 20.3 Å². The van der Waals surface area contributed by atoms with Gasteiger partial charge in [-0.2, -0.15) is 0 Å². The maximum absolute atomic E-state index is 9.39. The molecule has 0 aliphatic rings. The highest BCUT2D eigenvalue weighted by molar-refractivity contribution is 9.11. The minimum Gasteiger partial charge on any atom is -0.495 e. The van der Waals surface area contributed by atoms with E-state index in [1.807, 2.05) is 12.1 Å². The van der Waals surface area contributed by atoms with Crippen LogP contribution in [-0.2, 0) is 0 Å². The molecule has 3 nitrogen and oxygen atoms in total. The molecule has 2 N–H and O–H groups in total. The Balaban J connectivity index is 2.85. The van der Waals surface area contributed by atoms with Gasteiger partial charge in [0.05, 0.1) is 23.9 Å². The number of rotatable bonds is 6. The van der Waals surface area contributed by atoms with Crippen LogP contribution in [-0.4, -0.2) is 25.4 Å². The SMILES string of the molecule is CCC(C)(CO)CNc1cc(OC)c(Br)cc1Br. The van der Waals surface area contributed by atoms with Gasteiger partial charge in [-0.25, -0.2) is 0 Å². The van der Waals surface area contributed by atoms with Crippen molar-refractivity contribution in [3.8, 4) is 5.75 Å². The summed E-state index contributed by atoms with van der Waals surface area (Å²) in [5, 5.41) is 12.7. The van der Waals surface area contributed by atoms with Crippen LogP contribution < -0.4 is 10.1 Å². The lowest BCUT2D eigenvalue weighted by Gasteiger charge is -2.26. The number of methoxy groups -OCH3 is 1. The van der Waals surface area contributed by atoms with E-state index < -0.39 is 0 Å². The van der Waals surface area contributed by atoms with E-state index >= 15 is 0 Å². The van der Waals surface area contributed by atoms with E-state index in [4.69, 9.17) is 4.74 Å². The fourth-order valence-electron chi connectivity index (χ4n) is 1.42. The van der Waals surface area contributed by atoms with Crippen LogP contribution >= 0.6 is 31.9 Å². The molecule has 1 rings (SSSR count). The van der Waals surface area contributed by atoms with Crippen molar-refractivity contribution in [1.82, 2.24) is 0 Å². The van der Waals surface area contributed by atoms with E-state index in [1.54, 1.807) is 7.11 Å². The number of ether oxygens (including phenoxy) is 1. The minimum absolute atomic E-state index is 0.111. The number of anilines is 1. The number of hydrogen-bond donors (Lipinski definition) is 2. The highest BCUT2D eigenvalue weighted by Gasteiger charge is 2.21. The predicted molar refractivity (Wildman–Crippen MR) is 82.4 cm³/mol. The zero-order valence-electron chi connectivity index (χ0n) is 10.9. The van der Waals surface area contributed by atoms with E-state index in [-0.39, 0.29) is 12.0 Å². The van der Waals surface area contributed by atoms with E-state index in [2.05, 4.69) is 51.0 Å². The van der Waals surface area contributed by atoms with Crippen LogP contribution in [0.15, 0.2) is 21.1 Å². The molecule has 0 fully saturated rings. The van der Waals surface area contributed by atoms with Crippen LogP contribution in [0.25, 0.3) is 0 Å². The number of halogens is 2. The molecule has 0 aliphatic heterocycles. The summed E-state index contributed by atoms with van der Waals surface area (Å²) in [6.07, 6.45) is 0.918. The summed E-state index contributed by atoms with van der Waals surface area (Å²) in [6, 6.07) is 3.88. The van der Waals surface area contributed by atoms with Gasteiger partial charge in [-0.1, -0.05) is 13.8 Å². The van der Waals surface area contributed by atoms with Crippen molar-refractivity contribution in [2.24, 2.45) is 5.41 Å². The van der Waals surface area contributed by atoms with Crippen LogP contribution in [0.4, 0.5) is 5.69 Å². The summed E-state index contributed by atoms with van der Waals surface area (Å²) < 4.78 is 7.14. The fourth-order valence-corrected chi connectivity index (χ4v) is 2.72. The first-order chi connectivity index (χ1) is 8.45. The van der Waals surface area contributed by atoms with Gasteiger partial charge in [-0.05, 0) is 44.3 Å². The Hall–Kier alpha value is -0.260. The first-order valence-corrected chi connectivity index (χ1v) is 7.42. The van der Waals surface area contributed by atoms with Crippen molar-refractivity contribution in [3.63, 3.8) is 0 Å². The van der Waals surface area contributed by atoms with Gasteiger partial charge in [-0.15, -0.1) is 0 Å². The van der Waals surface area contributed by atoms with E-state index in [0.717, 1.165) is 26.8 Å². The summed E-state index contributed by atoms with van der Waals surface area (Å²) in [7, 11) is 1.64. The zero-order chi connectivity index (χ0) is 13.8. The molecule has 0 aliphatic carbocycles. The first-order valence-electron chi connectivity index (χ1n) is 5.83. The molecule has 0 saturated carbocycles. The topological polar surface area (TPSA) is 41.5 Å². The molecule has 0 saturated heterocycles. The summed E-state index contributed by atoms with van der Waals surface area (Å²) >= 11 is 6.95. The van der Waals surface area contributed by atoms with Crippen LogP contribution in [0.5, 0.6) is 5.75 Å². The lowest BCUT2D eigenvalue weighted by atomic mass is 9.88. The van der Waals surface area contributed by atoms with Crippen molar-refractivity contribution in [3.05, 3.63) is 21.1 Å². The van der Waals surface area contributed by atoms with Crippen LogP contribution in [0.3, 0.4) is 0 Å². The van der Waals surface area contributed by atoms with Gasteiger partial charge in [0.1, 0.15) is 5.75 Å². The standard InChI is InChI=1S/C13H19Br2NO2/c1-4-13(2,8-17)7-16-11-6-12(18-3)10(15)5-9(11)14/h5-6,16-17H,4,7-8H2,1-3H3. The second-order valence-corrected chi connectivity index (χ2v) is 6.35. The molecule has 1 unspecified atom stereocenters. The van der Waals surface area contributed by atoms with Crippen molar-refractivity contribution in [2.75, 3.05) is 25.6 Å². The molecule has 102 valence electrons. The summed E-state index contributed by atoms with van der Waals surface area (Å²) in [5.74, 6) is 0.780. The Bertz CT molecular complexity index is 406. The van der Waals surface area contributed by atoms with E-state index in [1.165, 1.54) is 0 Å². The van der Waals surface area contributed by atoms with Gasteiger partial charge < -0.3 is 15.2 Å². The van der Waals surface area contributed by atoms with Crippen molar-refractivity contribution in [1.29, 1.82) is 0 Å². The molecule has 1 aromatic carbocycles.